The number of aliphatic carboxylic acids is 1. The molecule has 0 amide bonds. The number of carboxylic acids is 1. The first-order valence-corrected chi connectivity index (χ1v) is 6.87. The van der Waals surface area contributed by atoms with Crippen molar-refractivity contribution in [1.82, 2.24) is 0 Å². The van der Waals surface area contributed by atoms with E-state index in [1.165, 1.54) is 0 Å². The SMILES string of the molecule is O=C(O)C(Cc1ccccc1)Cc1ccc2c(c1)OCO2. The molecule has 1 aliphatic heterocycles. The first kappa shape index (κ1) is 13.5. The van der Waals surface area contributed by atoms with Crippen LogP contribution in [0.15, 0.2) is 48.5 Å². The van der Waals surface area contributed by atoms with E-state index in [1.54, 1.807) is 0 Å². The zero-order valence-electron chi connectivity index (χ0n) is 11.5. The summed E-state index contributed by atoms with van der Waals surface area (Å²) in [7, 11) is 0. The van der Waals surface area contributed by atoms with E-state index in [-0.39, 0.29) is 6.79 Å². The Morgan fingerprint density at radius 1 is 1.00 bits per heavy atom. The van der Waals surface area contributed by atoms with Crippen molar-refractivity contribution in [2.45, 2.75) is 12.8 Å². The molecule has 1 atom stereocenters. The maximum absolute atomic E-state index is 11.5. The van der Waals surface area contributed by atoms with Gasteiger partial charge in [0.25, 0.3) is 0 Å². The zero-order chi connectivity index (χ0) is 14.7. The standard InChI is InChI=1S/C17H16O4/c18-17(19)14(8-12-4-2-1-3-5-12)9-13-6-7-15-16(10-13)21-11-20-15/h1-7,10,14H,8-9,11H2,(H,18,19). The van der Waals surface area contributed by atoms with E-state index in [0.717, 1.165) is 11.1 Å². The number of carbonyl (C=O) groups is 1. The van der Waals surface area contributed by atoms with Gasteiger partial charge >= 0.3 is 5.97 Å². The lowest BCUT2D eigenvalue weighted by Gasteiger charge is -2.13. The second-order valence-electron chi connectivity index (χ2n) is 5.12. The summed E-state index contributed by atoms with van der Waals surface area (Å²) in [6.45, 7) is 0.227. The lowest BCUT2D eigenvalue weighted by molar-refractivity contribution is -0.141. The van der Waals surface area contributed by atoms with Crippen molar-refractivity contribution in [3.8, 4) is 11.5 Å². The van der Waals surface area contributed by atoms with Gasteiger partial charge in [-0.1, -0.05) is 36.4 Å². The number of carboxylic acid groups (broad SMARTS) is 1. The van der Waals surface area contributed by atoms with Crippen LogP contribution in [0.1, 0.15) is 11.1 Å². The third-order valence-corrected chi connectivity index (χ3v) is 3.59. The van der Waals surface area contributed by atoms with E-state index < -0.39 is 11.9 Å². The van der Waals surface area contributed by atoms with Crippen molar-refractivity contribution in [2.75, 3.05) is 6.79 Å². The van der Waals surface area contributed by atoms with Crippen LogP contribution in [0.4, 0.5) is 0 Å². The molecule has 1 heterocycles. The van der Waals surface area contributed by atoms with Crippen molar-refractivity contribution in [3.63, 3.8) is 0 Å². The van der Waals surface area contributed by atoms with E-state index in [0.29, 0.717) is 24.3 Å². The van der Waals surface area contributed by atoms with Gasteiger partial charge in [-0.2, -0.15) is 0 Å². The molecule has 0 aliphatic carbocycles. The van der Waals surface area contributed by atoms with Gasteiger partial charge < -0.3 is 14.6 Å². The fourth-order valence-electron chi connectivity index (χ4n) is 2.50. The van der Waals surface area contributed by atoms with E-state index in [9.17, 15) is 9.90 Å². The van der Waals surface area contributed by atoms with Gasteiger partial charge in [-0.25, -0.2) is 0 Å². The van der Waals surface area contributed by atoms with Gasteiger partial charge in [0.05, 0.1) is 5.92 Å². The monoisotopic (exact) mass is 284 g/mol. The summed E-state index contributed by atoms with van der Waals surface area (Å²) in [4.78, 5) is 11.5. The average Bonchev–Trinajstić information content (AvgIpc) is 2.95. The molecule has 21 heavy (non-hydrogen) atoms. The van der Waals surface area contributed by atoms with Gasteiger partial charge in [-0.15, -0.1) is 0 Å². The molecule has 4 heteroatoms. The minimum atomic E-state index is -0.781. The number of benzene rings is 2. The molecule has 108 valence electrons. The average molecular weight is 284 g/mol. The van der Waals surface area contributed by atoms with E-state index in [2.05, 4.69) is 0 Å². The Kier molecular flexibility index (Phi) is 3.77. The summed E-state index contributed by atoms with van der Waals surface area (Å²) < 4.78 is 10.6. The minimum Gasteiger partial charge on any atom is -0.481 e. The topological polar surface area (TPSA) is 55.8 Å². The van der Waals surface area contributed by atoms with Gasteiger partial charge in [0.2, 0.25) is 6.79 Å². The second kappa shape index (κ2) is 5.87. The summed E-state index contributed by atoms with van der Waals surface area (Å²) in [5.74, 6) is 0.175. The van der Waals surface area contributed by atoms with Gasteiger partial charge in [0.15, 0.2) is 11.5 Å². The molecule has 0 aromatic heterocycles. The summed E-state index contributed by atoms with van der Waals surface area (Å²) in [5.41, 5.74) is 1.98. The number of ether oxygens (including phenoxy) is 2. The number of fused-ring (bicyclic) bond motifs is 1. The van der Waals surface area contributed by atoms with E-state index in [4.69, 9.17) is 9.47 Å². The van der Waals surface area contributed by atoms with Crippen LogP contribution in [0.2, 0.25) is 0 Å². The maximum atomic E-state index is 11.5. The quantitative estimate of drug-likeness (QED) is 0.917. The molecule has 0 radical (unpaired) electrons. The van der Waals surface area contributed by atoms with Crippen LogP contribution < -0.4 is 9.47 Å². The highest BCUT2D eigenvalue weighted by Crippen LogP contribution is 2.33. The molecule has 0 saturated carbocycles. The Hall–Kier alpha value is -2.49. The molecule has 1 unspecified atom stereocenters. The van der Waals surface area contributed by atoms with E-state index in [1.807, 2.05) is 48.5 Å². The van der Waals surface area contributed by atoms with Crippen LogP contribution in [-0.2, 0) is 17.6 Å². The lowest BCUT2D eigenvalue weighted by atomic mass is 9.92. The van der Waals surface area contributed by atoms with Crippen molar-refractivity contribution >= 4 is 5.97 Å². The molecule has 3 rings (SSSR count). The van der Waals surface area contributed by atoms with E-state index >= 15 is 0 Å². The maximum Gasteiger partial charge on any atom is 0.307 e. The molecule has 0 spiro atoms. The third kappa shape index (κ3) is 3.16. The molecular formula is C17H16O4. The highest BCUT2D eigenvalue weighted by atomic mass is 16.7. The first-order valence-electron chi connectivity index (χ1n) is 6.87. The summed E-state index contributed by atoms with van der Waals surface area (Å²) in [6, 6.07) is 15.3. The Balaban J connectivity index is 1.75. The summed E-state index contributed by atoms with van der Waals surface area (Å²) in [6.07, 6.45) is 0.992. The molecule has 4 nitrogen and oxygen atoms in total. The smallest absolute Gasteiger partial charge is 0.307 e. The first-order chi connectivity index (χ1) is 10.2. The van der Waals surface area contributed by atoms with Crippen molar-refractivity contribution in [1.29, 1.82) is 0 Å². The molecule has 2 aromatic carbocycles. The van der Waals surface area contributed by atoms with Crippen LogP contribution in [0.3, 0.4) is 0 Å². The summed E-state index contributed by atoms with van der Waals surface area (Å²) in [5, 5.41) is 9.43. The fraction of sp³-hybridized carbons (Fsp3) is 0.235. The molecule has 0 fully saturated rings. The van der Waals surface area contributed by atoms with Crippen LogP contribution in [0, 0.1) is 5.92 Å². The number of rotatable bonds is 5. The Bertz CT molecular complexity index is 636. The second-order valence-corrected chi connectivity index (χ2v) is 5.12. The Morgan fingerprint density at radius 3 is 2.48 bits per heavy atom. The summed E-state index contributed by atoms with van der Waals surface area (Å²) >= 11 is 0. The fourth-order valence-corrected chi connectivity index (χ4v) is 2.50. The van der Waals surface area contributed by atoms with Gasteiger partial charge in [0, 0.05) is 0 Å². The van der Waals surface area contributed by atoms with Crippen molar-refractivity contribution in [2.24, 2.45) is 5.92 Å². The van der Waals surface area contributed by atoms with Gasteiger partial charge in [0.1, 0.15) is 0 Å². The zero-order valence-corrected chi connectivity index (χ0v) is 11.5. The van der Waals surface area contributed by atoms with Crippen LogP contribution >= 0.6 is 0 Å². The molecule has 0 saturated heterocycles. The normalized spacial score (nSPS) is 13.9. The molecule has 1 aliphatic rings. The highest BCUT2D eigenvalue weighted by Gasteiger charge is 2.20. The molecule has 0 bridgehead atoms. The Morgan fingerprint density at radius 2 is 1.71 bits per heavy atom. The van der Waals surface area contributed by atoms with Gasteiger partial charge in [-0.05, 0) is 36.1 Å². The number of hydrogen-bond acceptors (Lipinski definition) is 3. The van der Waals surface area contributed by atoms with Crippen LogP contribution in [0.5, 0.6) is 11.5 Å². The lowest BCUT2D eigenvalue weighted by Crippen LogP contribution is -2.19. The predicted molar refractivity (Wildman–Crippen MR) is 77.5 cm³/mol. The number of hydrogen-bond donors (Lipinski definition) is 1. The largest absolute Gasteiger partial charge is 0.481 e. The highest BCUT2D eigenvalue weighted by molar-refractivity contribution is 5.71. The molecular weight excluding hydrogens is 268 g/mol. The molecule has 2 aromatic rings. The van der Waals surface area contributed by atoms with Crippen LogP contribution in [0.25, 0.3) is 0 Å². The third-order valence-electron chi connectivity index (χ3n) is 3.59. The van der Waals surface area contributed by atoms with Crippen molar-refractivity contribution in [3.05, 3.63) is 59.7 Å². The van der Waals surface area contributed by atoms with Crippen LogP contribution in [-0.4, -0.2) is 17.9 Å². The van der Waals surface area contributed by atoms with Crippen molar-refractivity contribution < 1.29 is 19.4 Å². The predicted octanol–water partition coefficient (Wildman–Crippen LogP) is 2.90. The minimum absolute atomic E-state index is 0.227. The molecule has 1 N–H and O–H groups in total. The Labute approximate surface area is 122 Å². The van der Waals surface area contributed by atoms with Gasteiger partial charge in [-0.3, -0.25) is 4.79 Å².